The van der Waals surface area contributed by atoms with Gasteiger partial charge in [0.1, 0.15) is 5.76 Å². The first-order valence-electron chi connectivity index (χ1n) is 9.56. The zero-order valence-electron chi connectivity index (χ0n) is 15.0. The summed E-state index contributed by atoms with van der Waals surface area (Å²) < 4.78 is 11.0. The third-order valence-electron chi connectivity index (χ3n) is 5.34. The Morgan fingerprint density at radius 1 is 1.36 bits per heavy atom. The van der Waals surface area contributed by atoms with Gasteiger partial charge in [0.2, 0.25) is 0 Å². The van der Waals surface area contributed by atoms with Gasteiger partial charge in [-0.1, -0.05) is 12.8 Å². The van der Waals surface area contributed by atoms with E-state index in [4.69, 9.17) is 14.1 Å². The van der Waals surface area contributed by atoms with Crippen LogP contribution >= 0.6 is 0 Å². The number of aliphatic imine (C=N–C) groups is 1. The maximum Gasteiger partial charge on any atom is 0.191 e. The summed E-state index contributed by atoms with van der Waals surface area (Å²) >= 11 is 0. The fourth-order valence-corrected chi connectivity index (χ4v) is 3.71. The minimum Gasteiger partial charge on any atom is -0.469 e. The number of aliphatic hydroxyl groups is 1. The van der Waals surface area contributed by atoms with Gasteiger partial charge in [-0.3, -0.25) is 4.99 Å². The molecule has 2 heterocycles. The Hall–Kier alpha value is -1.53. The molecule has 3 rings (SSSR count). The second-order valence-corrected chi connectivity index (χ2v) is 7.32. The summed E-state index contributed by atoms with van der Waals surface area (Å²) in [5.41, 5.74) is -0.0138. The number of rotatable bonds is 8. The van der Waals surface area contributed by atoms with Gasteiger partial charge in [0.15, 0.2) is 5.96 Å². The van der Waals surface area contributed by atoms with Crippen LogP contribution in [0.1, 0.15) is 44.3 Å². The Kier molecular flexibility index (Phi) is 6.76. The van der Waals surface area contributed by atoms with Crippen LogP contribution in [0.25, 0.3) is 0 Å². The van der Waals surface area contributed by atoms with Gasteiger partial charge in [-0.15, -0.1) is 0 Å². The molecule has 1 unspecified atom stereocenters. The number of guanidine groups is 1. The maximum atomic E-state index is 9.39. The number of hydrogen-bond donors (Lipinski definition) is 3. The van der Waals surface area contributed by atoms with Crippen LogP contribution in [0.5, 0.6) is 0 Å². The predicted octanol–water partition coefficient (Wildman–Crippen LogP) is 2.09. The van der Waals surface area contributed by atoms with Crippen LogP contribution in [0.3, 0.4) is 0 Å². The fourth-order valence-electron chi connectivity index (χ4n) is 3.71. The second-order valence-electron chi connectivity index (χ2n) is 7.32. The second kappa shape index (κ2) is 9.25. The normalized spacial score (nSPS) is 24.8. The highest BCUT2D eigenvalue weighted by Crippen LogP contribution is 2.32. The third kappa shape index (κ3) is 5.47. The first-order chi connectivity index (χ1) is 12.3. The number of furan rings is 1. The zero-order chi connectivity index (χ0) is 17.4. The molecule has 1 aliphatic carbocycles. The molecule has 0 amide bonds. The summed E-state index contributed by atoms with van der Waals surface area (Å²) in [5.74, 6) is 1.86. The summed E-state index contributed by atoms with van der Waals surface area (Å²) in [6.07, 6.45) is 9.27. The maximum absolute atomic E-state index is 9.39. The van der Waals surface area contributed by atoms with Crippen molar-refractivity contribution in [1.82, 2.24) is 10.6 Å². The predicted molar refractivity (Wildman–Crippen MR) is 97.7 cm³/mol. The largest absolute Gasteiger partial charge is 0.469 e. The van der Waals surface area contributed by atoms with Gasteiger partial charge >= 0.3 is 0 Å². The highest BCUT2D eigenvalue weighted by atomic mass is 16.5. The van der Waals surface area contributed by atoms with Gasteiger partial charge in [0, 0.05) is 37.6 Å². The Morgan fingerprint density at radius 3 is 2.92 bits per heavy atom. The van der Waals surface area contributed by atoms with Crippen molar-refractivity contribution in [3.8, 4) is 0 Å². The van der Waals surface area contributed by atoms with Crippen molar-refractivity contribution in [3.63, 3.8) is 0 Å². The molecule has 1 aliphatic heterocycles. The zero-order valence-corrected chi connectivity index (χ0v) is 15.0. The van der Waals surface area contributed by atoms with Crippen molar-refractivity contribution in [3.05, 3.63) is 24.2 Å². The van der Waals surface area contributed by atoms with Crippen LogP contribution in [-0.4, -0.2) is 50.0 Å². The monoisotopic (exact) mass is 349 g/mol. The van der Waals surface area contributed by atoms with E-state index in [1.807, 2.05) is 12.1 Å². The van der Waals surface area contributed by atoms with Crippen LogP contribution in [0.4, 0.5) is 0 Å². The molecule has 1 aromatic rings. The highest BCUT2D eigenvalue weighted by molar-refractivity contribution is 5.80. The van der Waals surface area contributed by atoms with E-state index in [0.717, 1.165) is 44.1 Å². The Bertz CT molecular complexity index is 518. The molecule has 1 saturated carbocycles. The van der Waals surface area contributed by atoms with E-state index in [0.29, 0.717) is 19.2 Å². The van der Waals surface area contributed by atoms with E-state index in [1.54, 1.807) is 6.26 Å². The van der Waals surface area contributed by atoms with E-state index in [2.05, 4.69) is 10.6 Å². The van der Waals surface area contributed by atoms with E-state index in [1.165, 1.54) is 25.7 Å². The van der Waals surface area contributed by atoms with Crippen molar-refractivity contribution in [2.75, 3.05) is 32.9 Å². The van der Waals surface area contributed by atoms with Crippen molar-refractivity contribution in [2.24, 2.45) is 10.4 Å². The van der Waals surface area contributed by atoms with Crippen LogP contribution < -0.4 is 10.6 Å². The van der Waals surface area contributed by atoms with E-state index >= 15 is 0 Å². The van der Waals surface area contributed by atoms with Crippen LogP contribution in [0.15, 0.2) is 27.8 Å². The Morgan fingerprint density at radius 2 is 2.24 bits per heavy atom. The number of ether oxygens (including phenoxy) is 1. The van der Waals surface area contributed by atoms with Gasteiger partial charge in [0.25, 0.3) is 0 Å². The quantitative estimate of drug-likeness (QED) is 0.495. The molecule has 2 fully saturated rings. The molecule has 3 N–H and O–H groups in total. The highest BCUT2D eigenvalue weighted by Gasteiger charge is 2.34. The molecular formula is C19H31N3O3. The molecule has 1 saturated heterocycles. The van der Waals surface area contributed by atoms with Gasteiger partial charge in [-0.05, 0) is 37.8 Å². The molecule has 6 nitrogen and oxygen atoms in total. The minimum absolute atomic E-state index is 0.0138. The fraction of sp³-hybridized carbons (Fsp3) is 0.737. The molecule has 1 atom stereocenters. The molecule has 0 aromatic carbocycles. The lowest BCUT2D eigenvalue weighted by molar-refractivity contribution is 0.131. The molecule has 6 heteroatoms. The Balaban J connectivity index is 1.57. The van der Waals surface area contributed by atoms with E-state index < -0.39 is 0 Å². The lowest BCUT2D eigenvalue weighted by Crippen LogP contribution is -2.44. The van der Waals surface area contributed by atoms with Gasteiger partial charge in [-0.25, -0.2) is 0 Å². The topological polar surface area (TPSA) is 79.0 Å². The van der Waals surface area contributed by atoms with Gasteiger partial charge < -0.3 is 24.9 Å². The number of hydrogen-bond acceptors (Lipinski definition) is 4. The van der Waals surface area contributed by atoms with E-state index in [-0.39, 0.29) is 12.0 Å². The molecular weight excluding hydrogens is 318 g/mol. The lowest BCUT2D eigenvalue weighted by atomic mass is 9.84. The molecule has 1 aromatic heterocycles. The van der Waals surface area contributed by atoms with E-state index in [9.17, 15) is 5.11 Å². The average Bonchev–Trinajstić information content (AvgIpc) is 3.36. The van der Waals surface area contributed by atoms with Gasteiger partial charge in [-0.2, -0.15) is 0 Å². The summed E-state index contributed by atoms with van der Waals surface area (Å²) in [7, 11) is 0. The SMILES string of the molecule is OCCC1(CN=C(NCCc2ccco2)NC2CCCC2)CCOC1. The number of nitrogens with one attached hydrogen (secondary N) is 2. The van der Waals surface area contributed by atoms with Crippen LogP contribution in [0, 0.1) is 5.41 Å². The lowest BCUT2D eigenvalue weighted by Gasteiger charge is -2.25. The molecule has 2 aliphatic rings. The summed E-state index contributed by atoms with van der Waals surface area (Å²) in [6.45, 7) is 3.13. The average molecular weight is 349 g/mol. The van der Waals surface area contributed by atoms with Crippen molar-refractivity contribution in [2.45, 2.75) is 51.0 Å². The minimum atomic E-state index is -0.0138. The van der Waals surface area contributed by atoms with Gasteiger partial charge in [0.05, 0.1) is 19.4 Å². The molecule has 0 radical (unpaired) electrons. The number of aliphatic hydroxyl groups excluding tert-OH is 1. The van der Waals surface area contributed by atoms with Crippen LogP contribution in [-0.2, 0) is 11.2 Å². The van der Waals surface area contributed by atoms with Crippen molar-refractivity contribution >= 4 is 5.96 Å². The molecule has 140 valence electrons. The smallest absolute Gasteiger partial charge is 0.191 e. The first-order valence-corrected chi connectivity index (χ1v) is 9.56. The first kappa shape index (κ1) is 18.3. The third-order valence-corrected chi connectivity index (χ3v) is 5.34. The molecule has 0 bridgehead atoms. The molecule has 25 heavy (non-hydrogen) atoms. The van der Waals surface area contributed by atoms with Crippen molar-refractivity contribution < 1.29 is 14.3 Å². The summed E-state index contributed by atoms with van der Waals surface area (Å²) in [6, 6.07) is 4.43. The Labute approximate surface area is 150 Å². The van der Waals surface area contributed by atoms with Crippen LogP contribution in [0.2, 0.25) is 0 Å². The molecule has 0 spiro atoms. The summed E-state index contributed by atoms with van der Waals surface area (Å²) in [5, 5.41) is 16.4. The van der Waals surface area contributed by atoms with Crippen molar-refractivity contribution in [1.29, 1.82) is 0 Å². The number of nitrogens with zero attached hydrogens (tertiary/aromatic N) is 1. The standard InChI is InChI=1S/C19H31N3O3/c23-11-8-19(9-13-24-15-19)14-21-18(22-16-4-1-2-5-16)20-10-7-17-6-3-12-25-17/h3,6,12,16,23H,1-2,4-5,7-11,13-15H2,(H2,20,21,22). The summed E-state index contributed by atoms with van der Waals surface area (Å²) in [4.78, 5) is 4.85.